The van der Waals surface area contributed by atoms with Crippen LogP contribution in [0.4, 0.5) is 15.8 Å². The Hall–Kier alpha value is -2.40. The van der Waals surface area contributed by atoms with E-state index < -0.39 is 0 Å². The molecule has 1 amide bonds. The van der Waals surface area contributed by atoms with Crippen LogP contribution >= 0.6 is 0 Å². The number of hydrogen-bond acceptors (Lipinski definition) is 3. The number of halogens is 1. The number of likely N-dealkylation sites (tertiary alicyclic amines) is 1. The summed E-state index contributed by atoms with van der Waals surface area (Å²) in [6.07, 6.45) is 6.13. The summed E-state index contributed by atoms with van der Waals surface area (Å²) in [5.41, 5.74) is 2.94. The Balaban J connectivity index is 1.23. The van der Waals surface area contributed by atoms with Gasteiger partial charge in [0.1, 0.15) is 5.82 Å². The average molecular weight is 424 g/mol. The maximum absolute atomic E-state index is 13.7. The fourth-order valence-corrected chi connectivity index (χ4v) is 5.09. The van der Waals surface area contributed by atoms with Gasteiger partial charge in [-0.25, -0.2) is 4.39 Å². The Morgan fingerprint density at radius 2 is 1.87 bits per heavy atom. The van der Waals surface area contributed by atoms with Crippen molar-refractivity contribution in [3.63, 3.8) is 0 Å². The van der Waals surface area contributed by atoms with Gasteiger partial charge in [-0.3, -0.25) is 9.69 Å². The van der Waals surface area contributed by atoms with Gasteiger partial charge in [-0.2, -0.15) is 0 Å². The summed E-state index contributed by atoms with van der Waals surface area (Å²) in [5, 5.41) is 2.72. The second kappa shape index (κ2) is 10.3. The number of benzene rings is 2. The molecule has 4 nitrogen and oxygen atoms in total. The molecule has 0 aromatic heterocycles. The van der Waals surface area contributed by atoms with Gasteiger partial charge in [0.05, 0.1) is 5.69 Å². The summed E-state index contributed by atoms with van der Waals surface area (Å²) >= 11 is 0. The predicted molar refractivity (Wildman–Crippen MR) is 125 cm³/mol. The van der Waals surface area contributed by atoms with Crippen LogP contribution in [0.25, 0.3) is 0 Å². The van der Waals surface area contributed by atoms with E-state index in [1.807, 2.05) is 0 Å². The van der Waals surface area contributed by atoms with E-state index in [4.69, 9.17) is 0 Å². The summed E-state index contributed by atoms with van der Waals surface area (Å²) < 4.78 is 13.7. The van der Waals surface area contributed by atoms with Crippen molar-refractivity contribution < 1.29 is 9.18 Å². The molecule has 2 heterocycles. The first kappa shape index (κ1) is 21.8. The first-order chi connectivity index (χ1) is 15.1. The van der Waals surface area contributed by atoms with Crippen LogP contribution in [0, 0.1) is 18.7 Å². The third-order valence-corrected chi connectivity index (χ3v) is 6.83. The molecular weight excluding hydrogens is 389 g/mol. The molecule has 1 N–H and O–H groups in total. The highest BCUT2D eigenvalue weighted by atomic mass is 19.1. The number of nitrogens with one attached hydrogen (secondary N) is 1. The lowest BCUT2D eigenvalue weighted by Gasteiger charge is -2.43. The molecule has 2 aliphatic heterocycles. The summed E-state index contributed by atoms with van der Waals surface area (Å²) in [7, 11) is 0. The van der Waals surface area contributed by atoms with Crippen molar-refractivity contribution in [2.24, 2.45) is 5.92 Å². The summed E-state index contributed by atoms with van der Waals surface area (Å²) in [4.78, 5) is 17.5. The molecule has 166 valence electrons. The van der Waals surface area contributed by atoms with E-state index in [9.17, 15) is 9.18 Å². The minimum atomic E-state index is -0.378. The topological polar surface area (TPSA) is 35.6 Å². The minimum Gasteiger partial charge on any atom is -0.371 e. The molecule has 4 rings (SSSR count). The standard InChI is InChI=1S/C26H34FN3O/c1-20-6-4-8-23(18-20)29-16-13-22(14-17-29)30-15-5-7-21(19-30)11-12-26(31)28-25-10-3-2-9-24(25)27/h2-4,6,8-10,18,21-22H,5,7,11-17,19H2,1H3,(H,28,31). The zero-order valence-electron chi connectivity index (χ0n) is 18.5. The molecule has 2 fully saturated rings. The first-order valence-electron chi connectivity index (χ1n) is 11.7. The van der Waals surface area contributed by atoms with E-state index in [2.05, 4.69) is 46.3 Å². The largest absolute Gasteiger partial charge is 0.371 e. The van der Waals surface area contributed by atoms with Crippen LogP contribution in [0.2, 0.25) is 0 Å². The van der Waals surface area contributed by atoms with E-state index in [-0.39, 0.29) is 17.4 Å². The molecule has 0 bridgehead atoms. The van der Waals surface area contributed by atoms with Gasteiger partial charge in [-0.05, 0) is 81.3 Å². The Morgan fingerprint density at radius 1 is 1.06 bits per heavy atom. The van der Waals surface area contributed by atoms with Crippen molar-refractivity contribution in [3.05, 3.63) is 59.9 Å². The number of hydrogen-bond donors (Lipinski definition) is 1. The summed E-state index contributed by atoms with van der Waals surface area (Å²) in [5.74, 6) is 0.0836. The van der Waals surface area contributed by atoms with Gasteiger partial charge in [0.15, 0.2) is 0 Å². The van der Waals surface area contributed by atoms with E-state index in [1.54, 1.807) is 18.2 Å². The molecule has 0 radical (unpaired) electrons. The van der Waals surface area contributed by atoms with Gasteiger partial charge < -0.3 is 10.2 Å². The number of aryl methyl sites for hydroxylation is 1. The van der Waals surface area contributed by atoms with Gasteiger partial charge >= 0.3 is 0 Å². The quantitative estimate of drug-likeness (QED) is 0.691. The Kier molecular flexibility index (Phi) is 7.23. The highest BCUT2D eigenvalue weighted by Crippen LogP contribution is 2.28. The molecular formula is C26H34FN3O. The van der Waals surface area contributed by atoms with Gasteiger partial charge in [-0.15, -0.1) is 0 Å². The van der Waals surface area contributed by atoms with Gasteiger partial charge in [0.2, 0.25) is 5.91 Å². The summed E-state index contributed by atoms with van der Waals surface area (Å²) in [6, 6.07) is 15.8. The number of para-hydroxylation sites is 1. The highest BCUT2D eigenvalue weighted by molar-refractivity contribution is 5.90. The van der Waals surface area contributed by atoms with Crippen molar-refractivity contribution >= 4 is 17.3 Å². The maximum atomic E-state index is 13.7. The van der Waals surface area contributed by atoms with Crippen LogP contribution in [0.3, 0.4) is 0 Å². The molecule has 0 spiro atoms. The van der Waals surface area contributed by atoms with E-state index in [0.29, 0.717) is 18.4 Å². The first-order valence-corrected chi connectivity index (χ1v) is 11.7. The molecule has 2 aromatic rings. The Labute approximate surface area is 185 Å². The highest BCUT2D eigenvalue weighted by Gasteiger charge is 2.29. The zero-order valence-corrected chi connectivity index (χ0v) is 18.5. The minimum absolute atomic E-state index is 0.0892. The molecule has 31 heavy (non-hydrogen) atoms. The van der Waals surface area contributed by atoms with Gasteiger partial charge in [0.25, 0.3) is 0 Å². The Bertz CT molecular complexity index is 878. The van der Waals surface area contributed by atoms with Crippen LogP contribution in [0.15, 0.2) is 48.5 Å². The number of anilines is 2. The normalized spacial score (nSPS) is 20.6. The second-order valence-corrected chi connectivity index (χ2v) is 9.13. The van der Waals surface area contributed by atoms with Crippen LogP contribution in [0.1, 0.15) is 44.1 Å². The maximum Gasteiger partial charge on any atom is 0.224 e. The number of rotatable bonds is 6. The van der Waals surface area contributed by atoms with Crippen molar-refractivity contribution in [2.75, 3.05) is 36.4 Å². The SMILES string of the molecule is Cc1cccc(N2CCC(N3CCCC(CCC(=O)Nc4ccccc4F)C3)CC2)c1. The van der Waals surface area contributed by atoms with Crippen LogP contribution < -0.4 is 10.2 Å². The van der Waals surface area contributed by atoms with Crippen LogP contribution in [-0.2, 0) is 4.79 Å². The van der Waals surface area contributed by atoms with Crippen LogP contribution in [0.5, 0.6) is 0 Å². The molecule has 1 atom stereocenters. The van der Waals surface area contributed by atoms with Crippen LogP contribution in [-0.4, -0.2) is 43.0 Å². The molecule has 2 aliphatic rings. The molecule has 2 saturated heterocycles. The fourth-order valence-electron chi connectivity index (χ4n) is 5.09. The van der Waals surface area contributed by atoms with Crippen molar-refractivity contribution in [1.82, 2.24) is 4.90 Å². The van der Waals surface area contributed by atoms with E-state index in [0.717, 1.165) is 26.1 Å². The predicted octanol–water partition coefficient (Wildman–Crippen LogP) is 5.23. The lowest BCUT2D eigenvalue weighted by molar-refractivity contribution is -0.116. The third-order valence-electron chi connectivity index (χ3n) is 6.83. The lowest BCUT2D eigenvalue weighted by atomic mass is 9.90. The fraction of sp³-hybridized carbons (Fsp3) is 0.500. The van der Waals surface area contributed by atoms with Crippen molar-refractivity contribution in [1.29, 1.82) is 0 Å². The molecule has 5 heteroatoms. The molecule has 2 aromatic carbocycles. The van der Waals surface area contributed by atoms with Gasteiger partial charge in [0, 0.05) is 37.8 Å². The van der Waals surface area contributed by atoms with Gasteiger partial charge in [-0.1, -0.05) is 24.3 Å². The van der Waals surface area contributed by atoms with Crippen molar-refractivity contribution in [2.45, 2.75) is 51.5 Å². The van der Waals surface area contributed by atoms with E-state index in [1.165, 1.54) is 49.5 Å². The number of carbonyl (C=O) groups excluding carboxylic acids is 1. The lowest BCUT2D eigenvalue weighted by Crippen LogP contribution is -2.48. The molecule has 0 aliphatic carbocycles. The molecule has 1 unspecified atom stereocenters. The monoisotopic (exact) mass is 423 g/mol. The second-order valence-electron chi connectivity index (χ2n) is 9.13. The van der Waals surface area contributed by atoms with Crippen molar-refractivity contribution in [3.8, 4) is 0 Å². The zero-order chi connectivity index (χ0) is 21.6. The smallest absolute Gasteiger partial charge is 0.224 e. The third kappa shape index (κ3) is 5.85. The Morgan fingerprint density at radius 3 is 2.65 bits per heavy atom. The number of piperidine rings is 2. The molecule has 0 saturated carbocycles. The van der Waals surface area contributed by atoms with E-state index >= 15 is 0 Å². The number of nitrogens with zero attached hydrogens (tertiary/aromatic N) is 2. The number of carbonyl (C=O) groups is 1. The number of amides is 1. The summed E-state index contributed by atoms with van der Waals surface area (Å²) in [6.45, 7) is 6.64. The average Bonchev–Trinajstić information content (AvgIpc) is 2.80.